The highest BCUT2D eigenvalue weighted by atomic mass is 31.2. The summed E-state index contributed by atoms with van der Waals surface area (Å²) in [6, 6.07) is 3.08. The highest BCUT2D eigenvalue weighted by Crippen LogP contribution is 2.34. The van der Waals surface area contributed by atoms with Crippen LogP contribution in [0.2, 0.25) is 0 Å². The summed E-state index contributed by atoms with van der Waals surface area (Å²) < 4.78 is 23.4. The van der Waals surface area contributed by atoms with E-state index in [9.17, 15) is 8.96 Å². The molecule has 6 heteroatoms. The molecular formula is C6H7FNO3P. The molecule has 0 aromatic heterocycles. The minimum atomic E-state index is -4.51. The van der Waals surface area contributed by atoms with Crippen molar-refractivity contribution >= 4 is 18.6 Å². The Labute approximate surface area is 68.0 Å². The molecule has 0 spiro atoms. The van der Waals surface area contributed by atoms with Crippen LogP contribution >= 0.6 is 7.60 Å². The lowest BCUT2D eigenvalue weighted by Gasteiger charge is -2.04. The zero-order valence-electron chi connectivity index (χ0n) is 5.94. The molecule has 4 nitrogen and oxygen atoms in total. The lowest BCUT2D eigenvalue weighted by molar-refractivity contribution is 0.385. The van der Waals surface area contributed by atoms with Gasteiger partial charge in [-0.15, -0.1) is 0 Å². The Morgan fingerprint density at radius 1 is 1.42 bits per heavy atom. The van der Waals surface area contributed by atoms with Gasteiger partial charge in [-0.05, 0) is 18.2 Å². The SMILES string of the molecule is Nc1ccc(P(=O)(O)O)c(F)c1. The molecule has 0 unspecified atom stereocenters. The maximum atomic E-state index is 12.8. The smallest absolute Gasteiger partial charge is 0.359 e. The Morgan fingerprint density at radius 3 is 2.42 bits per heavy atom. The summed E-state index contributed by atoms with van der Waals surface area (Å²) in [6.45, 7) is 0. The van der Waals surface area contributed by atoms with E-state index >= 15 is 0 Å². The average Bonchev–Trinajstić information content (AvgIpc) is 1.83. The van der Waals surface area contributed by atoms with E-state index < -0.39 is 18.7 Å². The molecule has 0 radical (unpaired) electrons. The van der Waals surface area contributed by atoms with Crippen molar-refractivity contribution < 1.29 is 18.7 Å². The second-order valence-corrected chi connectivity index (χ2v) is 3.82. The van der Waals surface area contributed by atoms with E-state index in [4.69, 9.17) is 15.5 Å². The van der Waals surface area contributed by atoms with Crippen molar-refractivity contribution in [1.82, 2.24) is 0 Å². The third-order valence-electron chi connectivity index (χ3n) is 1.29. The molecule has 0 saturated carbocycles. The molecule has 12 heavy (non-hydrogen) atoms. The Bertz CT molecular complexity index is 349. The van der Waals surface area contributed by atoms with Crippen molar-refractivity contribution in [1.29, 1.82) is 0 Å². The second kappa shape index (κ2) is 2.86. The Balaban J connectivity index is 3.28. The molecule has 0 amide bonds. The lowest BCUT2D eigenvalue weighted by atomic mass is 10.3. The van der Waals surface area contributed by atoms with Crippen LogP contribution in [-0.2, 0) is 4.57 Å². The summed E-state index contributed by atoms with van der Waals surface area (Å²) in [5.41, 5.74) is 5.31. The topological polar surface area (TPSA) is 83.6 Å². The van der Waals surface area contributed by atoms with Crippen LogP contribution in [0.25, 0.3) is 0 Å². The van der Waals surface area contributed by atoms with Crippen LogP contribution in [0.3, 0.4) is 0 Å². The van der Waals surface area contributed by atoms with Gasteiger partial charge in [-0.1, -0.05) is 0 Å². The largest absolute Gasteiger partial charge is 0.399 e. The van der Waals surface area contributed by atoms with Crippen molar-refractivity contribution in [2.45, 2.75) is 0 Å². The summed E-state index contributed by atoms with van der Waals surface area (Å²) >= 11 is 0. The first-order chi connectivity index (χ1) is 5.41. The average molecular weight is 191 g/mol. The number of rotatable bonds is 1. The van der Waals surface area contributed by atoms with Crippen molar-refractivity contribution in [2.24, 2.45) is 0 Å². The molecule has 0 aliphatic carbocycles. The Kier molecular flexibility index (Phi) is 2.19. The molecule has 0 saturated heterocycles. The van der Waals surface area contributed by atoms with Gasteiger partial charge in [0.1, 0.15) is 5.82 Å². The van der Waals surface area contributed by atoms with Crippen LogP contribution in [0.5, 0.6) is 0 Å². The lowest BCUT2D eigenvalue weighted by Crippen LogP contribution is -2.09. The molecule has 1 aromatic rings. The van der Waals surface area contributed by atoms with Crippen molar-refractivity contribution in [3.8, 4) is 0 Å². The molecule has 1 rings (SSSR count). The molecule has 0 atom stereocenters. The third kappa shape index (κ3) is 1.82. The number of hydrogen-bond donors (Lipinski definition) is 3. The van der Waals surface area contributed by atoms with E-state index in [0.717, 1.165) is 12.1 Å². The zero-order chi connectivity index (χ0) is 9.35. The summed E-state index contributed by atoms with van der Waals surface area (Å²) in [7, 11) is -4.51. The zero-order valence-corrected chi connectivity index (χ0v) is 6.83. The molecule has 4 N–H and O–H groups in total. The number of halogens is 1. The summed E-state index contributed by atoms with van der Waals surface area (Å²) in [5, 5.41) is -0.628. The quantitative estimate of drug-likeness (QED) is 0.437. The van der Waals surface area contributed by atoms with E-state index in [1.165, 1.54) is 6.07 Å². The van der Waals surface area contributed by atoms with E-state index in [2.05, 4.69) is 0 Å². The van der Waals surface area contributed by atoms with E-state index in [1.807, 2.05) is 0 Å². The van der Waals surface area contributed by atoms with Crippen LogP contribution in [-0.4, -0.2) is 9.79 Å². The Hall–Kier alpha value is -0.900. The normalized spacial score (nSPS) is 11.6. The summed E-state index contributed by atoms with van der Waals surface area (Å²) in [4.78, 5) is 17.2. The fraction of sp³-hybridized carbons (Fsp3) is 0. The van der Waals surface area contributed by atoms with Crippen LogP contribution in [0.4, 0.5) is 10.1 Å². The van der Waals surface area contributed by atoms with Gasteiger partial charge in [-0.2, -0.15) is 0 Å². The van der Waals surface area contributed by atoms with Gasteiger partial charge in [-0.3, -0.25) is 4.57 Å². The molecular weight excluding hydrogens is 184 g/mol. The van der Waals surface area contributed by atoms with Crippen LogP contribution in [0.15, 0.2) is 18.2 Å². The summed E-state index contributed by atoms with van der Waals surface area (Å²) in [6.07, 6.45) is 0. The maximum absolute atomic E-state index is 12.8. The monoisotopic (exact) mass is 191 g/mol. The van der Waals surface area contributed by atoms with Gasteiger partial charge in [-0.25, -0.2) is 4.39 Å². The number of nitrogen functional groups attached to an aromatic ring is 1. The van der Waals surface area contributed by atoms with E-state index in [0.29, 0.717) is 0 Å². The third-order valence-corrected chi connectivity index (χ3v) is 2.28. The van der Waals surface area contributed by atoms with Crippen molar-refractivity contribution in [2.75, 3.05) is 5.73 Å². The first kappa shape index (κ1) is 9.19. The molecule has 66 valence electrons. The van der Waals surface area contributed by atoms with Gasteiger partial charge in [0.05, 0.1) is 5.30 Å². The highest BCUT2D eigenvalue weighted by molar-refractivity contribution is 7.60. The van der Waals surface area contributed by atoms with Crippen LogP contribution in [0, 0.1) is 5.82 Å². The number of benzene rings is 1. The second-order valence-electron chi connectivity index (χ2n) is 2.25. The van der Waals surface area contributed by atoms with Gasteiger partial charge in [0.15, 0.2) is 0 Å². The maximum Gasteiger partial charge on any atom is 0.359 e. The predicted molar refractivity (Wildman–Crippen MR) is 42.5 cm³/mol. The fourth-order valence-corrected chi connectivity index (χ4v) is 1.37. The van der Waals surface area contributed by atoms with Crippen LogP contribution in [0.1, 0.15) is 0 Å². The highest BCUT2D eigenvalue weighted by Gasteiger charge is 2.21. The van der Waals surface area contributed by atoms with Gasteiger partial charge < -0.3 is 15.5 Å². The van der Waals surface area contributed by atoms with Gasteiger partial charge in [0.2, 0.25) is 0 Å². The predicted octanol–water partition coefficient (Wildman–Crippen LogP) is 0.211. The first-order valence-corrected chi connectivity index (χ1v) is 4.63. The van der Waals surface area contributed by atoms with Crippen LogP contribution < -0.4 is 11.0 Å². The van der Waals surface area contributed by atoms with Crippen molar-refractivity contribution in [3.63, 3.8) is 0 Å². The fourth-order valence-electron chi connectivity index (χ4n) is 0.759. The first-order valence-electron chi connectivity index (χ1n) is 3.02. The number of hydrogen-bond acceptors (Lipinski definition) is 2. The standard InChI is InChI=1S/C6H7FNO3P/c7-5-3-4(8)1-2-6(5)12(9,10)11/h1-3H,8H2,(H2,9,10,11). The molecule has 0 aliphatic heterocycles. The van der Waals surface area contributed by atoms with Gasteiger partial charge >= 0.3 is 7.60 Å². The summed E-state index contributed by atoms with van der Waals surface area (Å²) in [5.74, 6) is -0.983. The van der Waals surface area contributed by atoms with Gasteiger partial charge in [0, 0.05) is 5.69 Å². The Morgan fingerprint density at radius 2 is 2.00 bits per heavy atom. The molecule has 0 aliphatic rings. The molecule has 0 bridgehead atoms. The molecule has 0 fully saturated rings. The number of anilines is 1. The molecule has 0 heterocycles. The van der Waals surface area contributed by atoms with Gasteiger partial charge in [0.25, 0.3) is 0 Å². The minimum absolute atomic E-state index is 0.129. The van der Waals surface area contributed by atoms with E-state index in [-0.39, 0.29) is 5.69 Å². The van der Waals surface area contributed by atoms with E-state index in [1.54, 1.807) is 0 Å². The number of nitrogens with two attached hydrogens (primary N) is 1. The van der Waals surface area contributed by atoms with Crippen molar-refractivity contribution in [3.05, 3.63) is 24.0 Å². The minimum Gasteiger partial charge on any atom is -0.399 e. The molecule has 1 aromatic carbocycles.